The van der Waals surface area contributed by atoms with Crippen LogP contribution in [-0.4, -0.2) is 46.8 Å². The number of rotatable bonds is 6. The Morgan fingerprint density at radius 3 is 2.61 bits per heavy atom. The third-order valence-corrected chi connectivity index (χ3v) is 4.75. The number of para-hydroxylation sites is 1. The second kappa shape index (κ2) is 8.79. The Morgan fingerprint density at radius 1 is 1.14 bits per heavy atom. The van der Waals surface area contributed by atoms with Gasteiger partial charge in [-0.1, -0.05) is 28.1 Å². The van der Waals surface area contributed by atoms with Gasteiger partial charge in [0.05, 0.1) is 10.9 Å². The standard InChI is InChI=1S/C20H19BrN4O3/c1-25(20(28)13-7-9-14(21)10-8-13)12-4-11-22-19(27)17-23-16-6-3-2-5-15(16)18(26)24-17/h2-3,5-10H,4,11-12H2,1H3,(H,22,27)(H,23,24,26). The summed E-state index contributed by atoms with van der Waals surface area (Å²) in [6.45, 7) is 0.837. The summed E-state index contributed by atoms with van der Waals surface area (Å²) >= 11 is 3.34. The highest BCUT2D eigenvalue weighted by molar-refractivity contribution is 9.10. The van der Waals surface area contributed by atoms with E-state index in [1.807, 2.05) is 12.1 Å². The fourth-order valence-electron chi connectivity index (χ4n) is 2.71. The number of carbonyl (C=O) groups is 2. The number of amides is 2. The Balaban J connectivity index is 1.52. The summed E-state index contributed by atoms with van der Waals surface area (Å²) in [6, 6.07) is 14.0. The van der Waals surface area contributed by atoms with Crippen molar-refractivity contribution in [2.24, 2.45) is 0 Å². The van der Waals surface area contributed by atoms with Gasteiger partial charge in [0.15, 0.2) is 5.82 Å². The summed E-state index contributed by atoms with van der Waals surface area (Å²) in [5.41, 5.74) is 0.722. The number of halogens is 1. The first-order valence-corrected chi connectivity index (χ1v) is 9.53. The van der Waals surface area contributed by atoms with Crippen LogP contribution in [0.15, 0.2) is 57.8 Å². The van der Waals surface area contributed by atoms with Crippen LogP contribution in [0.5, 0.6) is 0 Å². The lowest BCUT2D eigenvalue weighted by atomic mass is 10.2. The van der Waals surface area contributed by atoms with Crippen LogP contribution in [0.4, 0.5) is 0 Å². The molecule has 8 heteroatoms. The van der Waals surface area contributed by atoms with Crippen molar-refractivity contribution in [3.8, 4) is 0 Å². The van der Waals surface area contributed by atoms with Crippen LogP contribution < -0.4 is 10.9 Å². The maximum atomic E-state index is 12.3. The van der Waals surface area contributed by atoms with Gasteiger partial charge in [0, 0.05) is 30.2 Å². The normalized spacial score (nSPS) is 10.6. The van der Waals surface area contributed by atoms with Crippen molar-refractivity contribution in [1.29, 1.82) is 0 Å². The average molecular weight is 443 g/mol. The van der Waals surface area contributed by atoms with Gasteiger partial charge in [0.1, 0.15) is 0 Å². The van der Waals surface area contributed by atoms with Crippen LogP contribution >= 0.6 is 15.9 Å². The fourth-order valence-corrected chi connectivity index (χ4v) is 2.97. The van der Waals surface area contributed by atoms with Crippen molar-refractivity contribution in [3.05, 3.63) is 74.7 Å². The first-order chi connectivity index (χ1) is 13.5. The van der Waals surface area contributed by atoms with E-state index < -0.39 is 5.91 Å². The van der Waals surface area contributed by atoms with Crippen LogP contribution in [0.2, 0.25) is 0 Å². The van der Waals surface area contributed by atoms with Crippen molar-refractivity contribution >= 4 is 38.6 Å². The van der Waals surface area contributed by atoms with Gasteiger partial charge in [-0.2, -0.15) is 0 Å². The molecule has 1 aromatic heterocycles. The van der Waals surface area contributed by atoms with E-state index in [2.05, 4.69) is 31.2 Å². The van der Waals surface area contributed by atoms with E-state index in [-0.39, 0.29) is 17.3 Å². The summed E-state index contributed by atoms with van der Waals surface area (Å²) in [7, 11) is 1.72. The first-order valence-electron chi connectivity index (χ1n) is 8.74. The number of hydrogen-bond acceptors (Lipinski definition) is 4. The molecule has 0 aliphatic carbocycles. The first kappa shape index (κ1) is 19.8. The van der Waals surface area contributed by atoms with Crippen LogP contribution in [0, 0.1) is 0 Å². The maximum Gasteiger partial charge on any atom is 0.287 e. The van der Waals surface area contributed by atoms with Gasteiger partial charge >= 0.3 is 0 Å². The molecule has 7 nitrogen and oxygen atoms in total. The minimum Gasteiger partial charge on any atom is -0.349 e. The van der Waals surface area contributed by atoms with E-state index in [4.69, 9.17) is 0 Å². The molecule has 2 amide bonds. The van der Waals surface area contributed by atoms with Crippen molar-refractivity contribution in [2.75, 3.05) is 20.1 Å². The highest BCUT2D eigenvalue weighted by Crippen LogP contribution is 2.12. The molecule has 3 aromatic rings. The fraction of sp³-hybridized carbons (Fsp3) is 0.200. The lowest BCUT2D eigenvalue weighted by Gasteiger charge is -2.17. The Labute approximate surface area is 169 Å². The largest absolute Gasteiger partial charge is 0.349 e. The predicted molar refractivity (Wildman–Crippen MR) is 110 cm³/mol. The quantitative estimate of drug-likeness (QED) is 0.573. The minimum atomic E-state index is -0.454. The molecule has 0 aliphatic rings. The van der Waals surface area contributed by atoms with Gasteiger partial charge in [0.25, 0.3) is 17.4 Å². The molecule has 0 bridgehead atoms. The lowest BCUT2D eigenvalue weighted by Crippen LogP contribution is -2.32. The summed E-state index contributed by atoms with van der Waals surface area (Å²) < 4.78 is 0.912. The summed E-state index contributed by atoms with van der Waals surface area (Å²) in [5.74, 6) is -0.563. The molecule has 1 heterocycles. The zero-order valence-corrected chi connectivity index (χ0v) is 16.8. The smallest absolute Gasteiger partial charge is 0.287 e. The van der Waals surface area contributed by atoms with E-state index in [1.54, 1.807) is 48.3 Å². The number of benzene rings is 2. The number of fused-ring (bicyclic) bond motifs is 1. The molecular formula is C20H19BrN4O3. The summed E-state index contributed by atoms with van der Waals surface area (Å²) in [4.78, 5) is 44.9. The minimum absolute atomic E-state index is 0.0250. The van der Waals surface area contributed by atoms with Crippen LogP contribution in [-0.2, 0) is 0 Å². The van der Waals surface area contributed by atoms with E-state index in [0.717, 1.165) is 4.47 Å². The molecule has 28 heavy (non-hydrogen) atoms. The Hall–Kier alpha value is -3.00. The van der Waals surface area contributed by atoms with Gasteiger partial charge in [0.2, 0.25) is 0 Å². The Morgan fingerprint density at radius 2 is 1.86 bits per heavy atom. The van der Waals surface area contributed by atoms with Crippen molar-refractivity contribution in [1.82, 2.24) is 20.2 Å². The molecule has 0 fully saturated rings. The molecule has 0 radical (unpaired) electrons. The highest BCUT2D eigenvalue weighted by atomic mass is 79.9. The number of carbonyl (C=O) groups excluding carboxylic acids is 2. The third-order valence-electron chi connectivity index (χ3n) is 4.22. The van der Waals surface area contributed by atoms with E-state index in [9.17, 15) is 14.4 Å². The zero-order chi connectivity index (χ0) is 20.1. The second-order valence-corrected chi connectivity index (χ2v) is 7.19. The molecular weight excluding hydrogens is 424 g/mol. The van der Waals surface area contributed by atoms with E-state index in [1.165, 1.54) is 0 Å². The molecule has 2 aromatic carbocycles. The number of H-pyrrole nitrogens is 1. The maximum absolute atomic E-state index is 12.3. The van der Waals surface area contributed by atoms with Gasteiger partial charge < -0.3 is 15.2 Å². The van der Waals surface area contributed by atoms with Crippen molar-refractivity contribution < 1.29 is 9.59 Å². The van der Waals surface area contributed by atoms with Crippen molar-refractivity contribution in [3.63, 3.8) is 0 Å². The molecule has 0 aliphatic heterocycles. The molecule has 144 valence electrons. The Kier molecular flexibility index (Phi) is 6.20. The van der Waals surface area contributed by atoms with E-state index >= 15 is 0 Å². The third kappa shape index (κ3) is 4.64. The lowest BCUT2D eigenvalue weighted by molar-refractivity contribution is 0.0793. The van der Waals surface area contributed by atoms with Gasteiger partial charge in [-0.05, 0) is 42.8 Å². The molecule has 3 rings (SSSR count). The Bertz CT molecular complexity index is 1060. The number of aromatic amines is 1. The van der Waals surface area contributed by atoms with Gasteiger partial charge in [-0.3, -0.25) is 14.4 Å². The highest BCUT2D eigenvalue weighted by Gasteiger charge is 2.13. The van der Waals surface area contributed by atoms with Crippen molar-refractivity contribution in [2.45, 2.75) is 6.42 Å². The summed E-state index contributed by atoms with van der Waals surface area (Å²) in [5, 5.41) is 3.15. The van der Waals surface area contributed by atoms with Crippen LogP contribution in [0.25, 0.3) is 10.9 Å². The van der Waals surface area contributed by atoms with E-state index in [0.29, 0.717) is 36.0 Å². The summed E-state index contributed by atoms with van der Waals surface area (Å²) in [6.07, 6.45) is 0.572. The average Bonchev–Trinajstić information content (AvgIpc) is 2.71. The number of hydrogen-bond donors (Lipinski definition) is 2. The topological polar surface area (TPSA) is 95.2 Å². The monoisotopic (exact) mass is 442 g/mol. The number of aromatic nitrogens is 2. The zero-order valence-electron chi connectivity index (χ0n) is 15.2. The molecule has 0 atom stereocenters. The molecule has 0 saturated carbocycles. The molecule has 0 unspecified atom stereocenters. The van der Waals surface area contributed by atoms with Crippen LogP contribution in [0.1, 0.15) is 27.4 Å². The van der Waals surface area contributed by atoms with Gasteiger partial charge in [-0.25, -0.2) is 4.98 Å². The number of nitrogens with one attached hydrogen (secondary N) is 2. The second-order valence-electron chi connectivity index (χ2n) is 6.27. The van der Waals surface area contributed by atoms with Crippen LogP contribution in [0.3, 0.4) is 0 Å². The SMILES string of the molecule is CN(CCCNC(=O)c1nc2ccccc2c(=O)[nH]1)C(=O)c1ccc(Br)cc1. The molecule has 2 N–H and O–H groups in total. The molecule has 0 spiro atoms. The predicted octanol–water partition coefficient (Wildman–Crippen LogP) is 2.58. The molecule has 0 saturated heterocycles. The van der Waals surface area contributed by atoms with Gasteiger partial charge in [-0.15, -0.1) is 0 Å². The number of nitrogens with zero attached hydrogens (tertiary/aromatic N) is 2.